The maximum atomic E-state index is 10.9. The van der Waals surface area contributed by atoms with Crippen molar-refractivity contribution in [2.24, 2.45) is 5.92 Å². The number of hydrogen-bond acceptors (Lipinski definition) is 3. The van der Waals surface area contributed by atoms with Crippen LogP contribution in [0.3, 0.4) is 0 Å². The third kappa shape index (κ3) is 5.00. The quantitative estimate of drug-likeness (QED) is 0.614. The minimum Gasteiger partial charge on any atom is -0.387 e. The lowest BCUT2D eigenvalue weighted by molar-refractivity contribution is -0.118. The van der Waals surface area contributed by atoms with E-state index in [4.69, 9.17) is 0 Å². The van der Waals surface area contributed by atoms with E-state index in [1.807, 2.05) is 7.05 Å². The van der Waals surface area contributed by atoms with Gasteiger partial charge in [-0.05, 0) is 30.0 Å². The number of carbonyl (C=O) groups excluding carboxylic acids is 1. The van der Waals surface area contributed by atoms with E-state index in [9.17, 15) is 4.79 Å². The molecule has 0 bridgehead atoms. The maximum Gasteiger partial charge on any atom is 0.217 e. The van der Waals surface area contributed by atoms with Gasteiger partial charge in [-0.2, -0.15) is 0 Å². The topological polar surface area (TPSA) is 41.1 Å². The van der Waals surface area contributed by atoms with Crippen molar-refractivity contribution >= 4 is 23.4 Å². The van der Waals surface area contributed by atoms with Crippen molar-refractivity contribution in [2.75, 3.05) is 18.2 Å². The van der Waals surface area contributed by atoms with Crippen molar-refractivity contribution in [2.45, 2.75) is 32.1 Å². The number of carbonyl (C=O) groups is 1. The first-order valence-electron chi connectivity index (χ1n) is 6.21. The molecule has 102 valence electrons. The summed E-state index contributed by atoms with van der Waals surface area (Å²) in [5.74, 6) is 1.26. The number of rotatable bonds is 6. The first-order chi connectivity index (χ1) is 8.52. The lowest BCUT2D eigenvalue weighted by atomic mass is 10.0. The number of hydrogen-bond donors (Lipinski definition) is 2. The van der Waals surface area contributed by atoms with Gasteiger partial charge in [0.2, 0.25) is 5.91 Å². The molecule has 0 unspecified atom stereocenters. The highest BCUT2D eigenvalue weighted by Gasteiger charge is 2.05. The summed E-state index contributed by atoms with van der Waals surface area (Å²) in [6, 6.07) is 6.47. The summed E-state index contributed by atoms with van der Waals surface area (Å²) in [4.78, 5) is 12.0. The summed E-state index contributed by atoms with van der Waals surface area (Å²) in [5, 5.41) is 5.98. The Hall–Kier alpha value is -1.16. The predicted molar refractivity (Wildman–Crippen MR) is 81.2 cm³/mol. The van der Waals surface area contributed by atoms with Crippen molar-refractivity contribution in [3.05, 3.63) is 23.8 Å². The van der Waals surface area contributed by atoms with E-state index in [0.29, 0.717) is 11.8 Å². The lowest BCUT2D eigenvalue weighted by Gasteiger charge is -2.12. The third-order valence-corrected chi connectivity index (χ3v) is 3.45. The molecule has 0 aromatic heterocycles. The summed E-state index contributed by atoms with van der Waals surface area (Å²) in [7, 11) is 1.92. The summed E-state index contributed by atoms with van der Waals surface area (Å²) < 4.78 is 0. The summed E-state index contributed by atoms with van der Waals surface area (Å²) >= 11 is 1.65. The molecule has 0 atom stereocenters. The van der Waals surface area contributed by atoms with Gasteiger partial charge in [-0.3, -0.25) is 4.79 Å². The van der Waals surface area contributed by atoms with Crippen LogP contribution in [-0.4, -0.2) is 18.8 Å². The third-order valence-electron chi connectivity index (χ3n) is 2.51. The van der Waals surface area contributed by atoms with Gasteiger partial charge >= 0.3 is 0 Å². The Morgan fingerprint density at radius 3 is 2.72 bits per heavy atom. The van der Waals surface area contributed by atoms with Crippen molar-refractivity contribution < 1.29 is 6.22 Å². The Balaban J connectivity index is 0.00000324. The summed E-state index contributed by atoms with van der Waals surface area (Å²) in [6.07, 6.45) is 1.08. The first kappa shape index (κ1) is 14.9. The summed E-state index contributed by atoms with van der Waals surface area (Å²) in [5.41, 5.74) is 2.45. The van der Waals surface area contributed by atoms with Gasteiger partial charge in [0, 0.05) is 26.0 Å². The van der Waals surface area contributed by atoms with Crippen LogP contribution < -0.4 is 10.6 Å². The molecule has 0 saturated carbocycles. The molecule has 2 N–H and O–H groups in total. The number of amides is 1. The second-order valence-electron chi connectivity index (χ2n) is 4.70. The Kier molecular flexibility index (Phi) is 6.05. The van der Waals surface area contributed by atoms with Crippen molar-refractivity contribution in [3.63, 3.8) is 0 Å². The van der Waals surface area contributed by atoms with Gasteiger partial charge in [-0.25, -0.2) is 0 Å². The molecule has 0 aliphatic heterocycles. The zero-order valence-corrected chi connectivity index (χ0v) is 12.4. The van der Waals surface area contributed by atoms with Crippen LogP contribution >= 0.6 is 11.8 Å². The van der Waals surface area contributed by atoms with Crippen molar-refractivity contribution in [3.8, 4) is 0 Å². The monoisotopic (exact) mass is 268 g/mol. The van der Waals surface area contributed by atoms with E-state index in [-0.39, 0.29) is 7.33 Å². The van der Waals surface area contributed by atoms with Gasteiger partial charge < -0.3 is 10.6 Å². The van der Waals surface area contributed by atoms with Crippen molar-refractivity contribution in [1.82, 2.24) is 5.32 Å². The first-order valence-corrected chi connectivity index (χ1v) is 7.19. The second-order valence-corrected chi connectivity index (χ2v) is 5.72. The molecule has 1 aromatic carbocycles. The Morgan fingerprint density at radius 2 is 2.17 bits per heavy atom. The Morgan fingerprint density at radius 1 is 1.44 bits per heavy atom. The molecule has 0 aliphatic rings. The lowest BCUT2D eigenvalue weighted by Crippen LogP contribution is -2.18. The minimum absolute atomic E-state index is 0. The number of nitrogens with one attached hydrogen (secondary N) is 2. The molecule has 1 rings (SSSR count). The van der Waals surface area contributed by atoms with Crippen LogP contribution in [0, 0.1) is 5.92 Å². The standard InChI is InChI=1S/C14H22N2OS.H2/c1-10(2)7-12-5-6-13(15-4)14(8-12)18-9-16-11(3)17;/h5-6,8,10,15H,7,9H2,1-4H3,(H,16,17);1H. The van der Waals surface area contributed by atoms with Gasteiger partial charge in [0.15, 0.2) is 0 Å². The molecule has 0 heterocycles. The van der Waals surface area contributed by atoms with Crippen LogP contribution in [0.2, 0.25) is 0 Å². The molecule has 0 fully saturated rings. The number of anilines is 1. The summed E-state index contributed by atoms with van der Waals surface area (Å²) in [6.45, 7) is 5.97. The van der Waals surface area contributed by atoms with Crippen LogP contribution in [0.1, 0.15) is 27.8 Å². The Labute approximate surface area is 115 Å². The molecule has 0 saturated heterocycles. The fraction of sp³-hybridized carbons (Fsp3) is 0.500. The zero-order valence-electron chi connectivity index (χ0n) is 11.5. The second kappa shape index (κ2) is 7.31. The molecule has 0 spiro atoms. The molecular formula is C14H24N2OS. The average molecular weight is 268 g/mol. The van der Waals surface area contributed by atoms with E-state index in [1.165, 1.54) is 17.4 Å². The number of benzene rings is 1. The van der Waals surface area contributed by atoms with Crippen molar-refractivity contribution in [1.29, 1.82) is 0 Å². The normalized spacial score (nSPS) is 10.5. The number of thioether (sulfide) groups is 1. The maximum absolute atomic E-state index is 10.9. The van der Waals surface area contributed by atoms with Crippen LogP contribution in [0.25, 0.3) is 0 Å². The molecule has 1 amide bonds. The molecule has 18 heavy (non-hydrogen) atoms. The van der Waals surface area contributed by atoms with Crippen LogP contribution in [0.5, 0.6) is 0 Å². The van der Waals surface area contributed by atoms with Crippen LogP contribution in [0.15, 0.2) is 23.1 Å². The fourth-order valence-electron chi connectivity index (χ4n) is 1.71. The Bertz CT molecular complexity index is 410. The zero-order chi connectivity index (χ0) is 13.5. The molecule has 0 aliphatic carbocycles. The molecule has 4 heteroatoms. The molecule has 1 aromatic rings. The molecule has 3 nitrogen and oxygen atoms in total. The van der Waals surface area contributed by atoms with Gasteiger partial charge in [0.1, 0.15) is 0 Å². The minimum atomic E-state index is 0. The van der Waals surface area contributed by atoms with E-state index in [0.717, 1.165) is 12.1 Å². The van der Waals surface area contributed by atoms with Gasteiger partial charge in [-0.15, -0.1) is 11.8 Å². The van der Waals surface area contributed by atoms with E-state index in [1.54, 1.807) is 11.8 Å². The smallest absolute Gasteiger partial charge is 0.217 e. The highest BCUT2D eigenvalue weighted by atomic mass is 32.2. The van der Waals surface area contributed by atoms with E-state index >= 15 is 0 Å². The molecular weight excluding hydrogens is 244 g/mol. The highest BCUT2D eigenvalue weighted by molar-refractivity contribution is 7.99. The van der Waals surface area contributed by atoms with Gasteiger partial charge in [0.25, 0.3) is 0 Å². The average Bonchev–Trinajstić information content (AvgIpc) is 2.28. The highest BCUT2D eigenvalue weighted by Crippen LogP contribution is 2.28. The van der Waals surface area contributed by atoms with Gasteiger partial charge in [-0.1, -0.05) is 19.9 Å². The largest absolute Gasteiger partial charge is 0.387 e. The van der Waals surface area contributed by atoms with Gasteiger partial charge in [0.05, 0.1) is 5.88 Å². The predicted octanol–water partition coefficient (Wildman–Crippen LogP) is 3.36. The van der Waals surface area contributed by atoms with Crippen LogP contribution in [0.4, 0.5) is 5.69 Å². The fourth-order valence-corrected chi connectivity index (χ4v) is 2.70. The SMILES string of the molecule is CNc1ccc(CC(C)C)cc1SCNC(C)=O.[HH]. The van der Waals surface area contributed by atoms with E-state index in [2.05, 4.69) is 42.7 Å². The molecule has 0 radical (unpaired) electrons. The van der Waals surface area contributed by atoms with Crippen LogP contribution in [-0.2, 0) is 11.2 Å². The van der Waals surface area contributed by atoms with E-state index < -0.39 is 0 Å².